The molecule has 13 heavy (non-hydrogen) atoms. The summed E-state index contributed by atoms with van der Waals surface area (Å²) in [4.78, 5) is 13.5. The molecule has 3 heteroatoms. The number of urea groups is 1. The van der Waals surface area contributed by atoms with Crippen molar-refractivity contribution in [3.8, 4) is 0 Å². The maximum atomic E-state index is 11.6. The van der Waals surface area contributed by atoms with Gasteiger partial charge in [0.2, 0.25) is 0 Å². The average molecular weight is 184 g/mol. The third-order valence-electron chi connectivity index (χ3n) is 2.59. The Morgan fingerprint density at radius 2 is 2.31 bits per heavy atom. The van der Waals surface area contributed by atoms with Crippen LogP contribution in [0.15, 0.2) is 0 Å². The molecule has 0 unspecified atom stereocenters. The fraction of sp³-hybridized carbons (Fsp3) is 0.900. The average Bonchev–Trinajstić information content (AvgIpc) is 2.15. The Morgan fingerprint density at radius 3 is 2.92 bits per heavy atom. The van der Waals surface area contributed by atoms with Crippen molar-refractivity contribution in [2.75, 3.05) is 13.1 Å². The van der Waals surface area contributed by atoms with Crippen molar-refractivity contribution in [1.29, 1.82) is 0 Å². The number of rotatable bonds is 2. The lowest BCUT2D eigenvalue weighted by Gasteiger charge is -2.33. The molecule has 1 saturated heterocycles. The van der Waals surface area contributed by atoms with Crippen LogP contribution in [0.2, 0.25) is 0 Å². The second-order valence-electron chi connectivity index (χ2n) is 3.77. The van der Waals surface area contributed by atoms with Gasteiger partial charge in [-0.1, -0.05) is 6.92 Å². The topological polar surface area (TPSA) is 32.3 Å². The van der Waals surface area contributed by atoms with Gasteiger partial charge in [0, 0.05) is 19.1 Å². The highest BCUT2D eigenvalue weighted by atomic mass is 16.2. The van der Waals surface area contributed by atoms with E-state index in [4.69, 9.17) is 0 Å². The van der Waals surface area contributed by atoms with E-state index in [0.29, 0.717) is 6.04 Å². The second-order valence-corrected chi connectivity index (χ2v) is 3.77. The van der Waals surface area contributed by atoms with E-state index in [1.807, 2.05) is 4.90 Å². The molecular formula is C10H20N2O. The van der Waals surface area contributed by atoms with Gasteiger partial charge < -0.3 is 10.2 Å². The first-order valence-corrected chi connectivity index (χ1v) is 5.30. The van der Waals surface area contributed by atoms with E-state index in [0.717, 1.165) is 32.4 Å². The normalized spacial score (nSPS) is 22.9. The Balaban J connectivity index is 2.35. The third-order valence-corrected chi connectivity index (χ3v) is 2.59. The third kappa shape index (κ3) is 2.90. The Kier molecular flexibility index (Phi) is 4.06. The van der Waals surface area contributed by atoms with E-state index >= 15 is 0 Å². The lowest BCUT2D eigenvalue weighted by molar-refractivity contribution is 0.158. The smallest absolute Gasteiger partial charge is 0.317 e. The molecule has 76 valence electrons. The number of nitrogens with zero attached hydrogens (tertiary/aromatic N) is 1. The monoisotopic (exact) mass is 184 g/mol. The van der Waals surface area contributed by atoms with E-state index in [2.05, 4.69) is 19.2 Å². The summed E-state index contributed by atoms with van der Waals surface area (Å²) in [6.45, 7) is 5.92. The molecule has 0 saturated carbocycles. The Morgan fingerprint density at radius 1 is 1.54 bits per heavy atom. The number of carbonyl (C=O) groups is 1. The van der Waals surface area contributed by atoms with E-state index in [-0.39, 0.29) is 6.03 Å². The van der Waals surface area contributed by atoms with Crippen LogP contribution in [0, 0.1) is 0 Å². The van der Waals surface area contributed by atoms with Crippen LogP contribution in [0.25, 0.3) is 0 Å². The van der Waals surface area contributed by atoms with Crippen molar-refractivity contribution in [1.82, 2.24) is 10.2 Å². The van der Waals surface area contributed by atoms with E-state index in [1.165, 1.54) is 6.42 Å². The minimum Gasteiger partial charge on any atom is -0.338 e. The first kappa shape index (κ1) is 10.4. The molecule has 0 bridgehead atoms. The lowest BCUT2D eigenvalue weighted by Crippen LogP contribution is -2.47. The highest BCUT2D eigenvalue weighted by Crippen LogP contribution is 2.15. The van der Waals surface area contributed by atoms with Gasteiger partial charge in [-0.15, -0.1) is 0 Å². The first-order chi connectivity index (χ1) is 6.25. The first-order valence-electron chi connectivity index (χ1n) is 5.30. The van der Waals surface area contributed by atoms with Gasteiger partial charge in [0.05, 0.1) is 0 Å². The zero-order valence-corrected chi connectivity index (χ0v) is 8.68. The molecule has 1 heterocycles. The van der Waals surface area contributed by atoms with E-state index in [9.17, 15) is 4.79 Å². The Labute approximate surface area is 80.5 Å². The van der Waals surface area contributed by atoms with Crippen molar-refractivity contribution >= 4 is 6.03 Å². The summed E-state index contributed by atoms with van der Waals surface area (Å²) in [6, 6.07) is 0.541. The van der Waals surface area contributed by atoms with Gasteiger partial charge in [-0.3, -0.25) is 0 Å². The van der Waals surface area contributed by atoms with Gasteiger partial charge in [-0.2, -0.15) is 0 Å². The van der Waals surface area contributed by atoms with E-state index in [1.54, 1.807) is 0 Å². The molecule has 0 spiro atoms. The summed E-state index contributed by atoms with van der Waals surface area (Å²) < 4.78 is 0. The number of hydrogen-bond acceptors (Lipinski definition) is 1. The summed E-state index contributed by atoms with van der Waals surface area (Å²) in [6.07, 6.45) is 4.58. The number of piperidine rings is 1. The van der Waals surface area contributed by atoms with Crippen molar-refractivity contribution in [3.63, 3.8) is 0 Å². The summed E-state index contributed by atoms with van der Waals surface area (Å²) in [5.41, 5.74) is 0. The van der Waals surface area contributed by atoms with Crippen LogP contribution in [0.3, 0.4) is 0 Å². The van der Waals surface area contributed by atoms with E-state index < -0.39 is 0 Å². The van der Waals surface area contributed by atoms with Crippen molar-refractivity contribution in [2.45, 2.75) is 45.6 Å². The summed E-state index contributed by atoms with van der Waals surface area (Å²) in [7, 11) is 0. The molecule has 0 radical (unpaired) electrons. The standard InChI is InChI=1S/C10H20N2O/c1-3-7-11-10(13)12-8-5-4-6-9(12)2/h9H,3-8H2,1-2H3,(H,11,13)/t9-/m1/s1. The number of amides is 2. The number of hydrogen-bond donors (Lipinski definition) is 1. The predicted molar refractivity (Wildman–Crippen MR) is 53.7 cm³/mol. The van der Waals surface area contributed by atoms with Crippen molar-refractivity contribution < 1.29 is 4.79 Å². The Hall–Kier alpha value is -0.730. The van der Waals surface area contributed by atoms with Gasteiger partial charge >= 0.3 is 6.03 Å². The van der Waals surface area contributed by atoms with Crippen LogP contribution in [-0.2, 0) is 0 Å². The molecule has 1 atom stereocenters. The number of carbonyl (C=O) groups excluding carboxylic acids is 1. The molecule has 1 N–H and O–H groups in total. The van der Waals surface area contributed by atoms with Gasteiger partial charge in [0.15, 0.2) is 0 Å². The van der Waals surface area contributed by atoms with Crippen LogP contribution in [-0.4, -0.2) is 30.1 Å². The molecular weight excluding hydrogens is 164 g/mol. The van der Waals surface area contributed by atoms with Crippen molar-refractivity contribution in [2.24, 2.45) is 0 Å². The van der Waals surface area contributed by atoms with Crippen LogP contribution in [0.4, 0.5) is 4.79 Å². The van der Waals surface area contributed by atoms with Crippen LogP contribution in [0.5, 0.6) is 0 Å². The predicted octanol–water partition coefficient (Wildman–Crippen LogP) is 1.98. The minimum atomic E-state index is 0.119. The number of nitrogens with one attached hydrogen (secondary N) is 1. The van der Waals surface area contributed by atoms with Crippen molar-refractivity contribution in [3.05, 3.63) is 0 Å². The summed E-state index contributed by atoms with van der Waals surface area (Å²) in [5.74, 6) is 0. The molecule has 1 aliphatic heterocycles. The summed E-state index contributed by atoms with van der Waals surface area (Å²) >= 11 is 0. The van der Waals surface area contributed by atoms with Crippen LogP contribution < -0.4 is 5.32 Å². The molecule has 3 nitrogen and oxygen atoms in total. The molecule has 1 rings (SSSR count). The van der Waals surface area contributed by atoms with Gasteiger partial charge in [-0.25, -0.2) is 4.79 Å². The molecule has 1 aliphatic rings. The number of likely N-dealkylation sites (tertiary alicyclic amines) is 1. The van der Waals surface area contributed by atoms with Gasteiger partial charge in [-0.05, 0) is 32.6 Å². The molecule has 2 amide bonds. The maximum Gasteiger partial charge on any atom is 0.317 e. The zero-order chi connectivity index (χ0) is 9.68. The lowest BCUT2D eigenvalue weighted by atomic mass is 10.0. The zero-order valence-electron chi connectivity index (χ0n) is 8.68. The largest absolute Gasteiger partial charge is 0.338 e. The summed E-state index contributed by atoms with van der Waals surface area (Å²) in [5, 5.41) is 2.92. The highest BCUT2D eigenvalue weighted by Gasteiger charge is 2.22. The SMILES string of the molecule is CCCNC(=O)N1CCCC[C@H]1C. The van der Waals surface area contributed by atoms with Gasteiger partial charge in [0.1, 0.15) is 0 Å². The molecule has 0 aromatic carbocycles. The maximum absolute atomic E-state index is 11.6. The molecule has 0 aromatic heterocycles. The molecule has 1 fully saturated rings. The van der Waals surface area contributed by atoms with Crippen LogP contribution in [0.1, 0.15) is 39.5 Å². The second kappa shape index (κ2) is 5.10. The van der Waals surface area contributed by atoms with Gasteiger partial charge in [0.25, 0.3) is 0 Å². The van der Waals surface area contributed by atoms with Crippen LogP contribution >= 0.6 is 0 Å². The minimum absolute atomic E-state index is 0.119. The molecule has 0 aromatic rings. The fourth-order valence-electron chi connectivity index (χ4n) is 1.73. The quantitative estimate of drug-likeness (QED) is 0.699. The highest BCUT2D eigenvalue weighted by molar-refractivity contribution is 5.74. The Bertz CT molecular complexity index is 170. The molecule has 0 aliphatic carbocycles. The fourth-order valence-corrected chi connectivity index (χ4v) is 1.73.